The van der Waals surface area contributed by atoms with E-state index in [1.165, 1.54) is 0 Å². The van der Waals surface area contributed by atoms with Crippen molar-refractivity contribution in [3.63, 3.8) is 0 Å². The normalized spacial score (nSPS) is 18.8. The van der Waals surface area contributed by atoms with Crippen LogP contribution in [0.5, 0.6) is 0 Å². The lowest BCUT2D eigenvalue weighted by molar-refractivity contribution is -0.122. The molecule has 0 saturated carbocycles. The lowest BCUT2D eigenvalue weighted by atomic mass is 10.0. The van der Waals surface area contributed by atoms with E-state index in [1.807, 2.05) is 13.8 Å². The molecule has 1 aromatic heterocycles. The van der Waals surface area contributed by atoms with Crippen molar-refractivity contribution in [2.24, 2.45) is 5.92 Å². The summed E-state index contributed by atoms with van der Waals surface area (Å²) in [6.45, 7) is 4.57. The highest BCUT2D eigenvalue weighted by Crippen LogP contribution is 2.23. The van der Waals surface area contributed by atoms with Gasteiger partial charge in [-0.3, -0.25) is 4.79 Å². The van der Waals surface area contributed by atoms with E-state index in [1.54, 1.807) is 4.68 Å². The molecule has 1 aliphatic rings. The molecule has 2 heterocycles. The summed E-state index contributed by atoms with van der Waals surface area (Å²) in [5.41, 5.74) is 0. The van der Waals surface area contributed by atoms with Crippen LogP contribution < -0.4 is 5.32 Å². The van der Waals surface area contributed by atoms with Gasteiger partial charge in [-0.15, -0.1) is 5.10 Å². The monoisotopic (exact) mass is 329 g/mol. The molecule has 8 nitrogen and oxygen atoms in total. The van der Waals surface area contributed by atoms with Crippen molar-refractivity contribution >= 4 is 15.7 Å². The van der Waals surface area contributed by atoms with Gasteiger partial charge in [0.2, 0.25) is 5.91 Å². The summed E-state index contributed by atoms with van der Waals surface area (Å²) in [7, 11) is -3.12. The highest BCUT2D eigenvalue weighted by atomic mass is 32.2. The molecule has 0 unspecified atom stereocenters. The van der Waals surface area contributed by atoms with Crippen molar-refractivity contribution in [2.45, 2.75) is 45.6 Å². The van der Waals surface area contributed by atoms with E-state index in [0.717, 1.165) is 19.4 Å². The Morgan fingerprint density at radius 1 is 1.41 bits per heavy atom. The molecule has 0 saturated heterocycles. The Kier molecular flexibility index (Phi) is 5.49. The van der Waals surface area contributed by atoms with Crippen LogP contribution in [-0.2, 0) is 21.2 Å². The van der Waals surface area contributed by atoms with Crippen LogP contribution in [-0.4, -0.2) is 52.6 Å². The van der Waals surface area contributed by atoms with Gasteiger partial charge in [0, 0.05) is 13.1 Å². The van der Waals surface area contributed by atoms with E-state index in [2.05, 4.69) is 20.8 Å². The third-order valence-corrected chi connectivity index (χ3v) is 5.60. The summed E-state index contributed by atoms with van der Waals surface area (Å²) in [6.07, 6.45) is 2.53. The molecular weight excluding hydrogens is 306 g/mol. The maximum atomic E-state index is 12.3. The fourth-order valence-electron chi connectivity index (χ4n) is 2.65. The minimum Gasteiger partial charge on any atom is -0.354 e. The first-order chi connectivity index (χ1) is 10.4. The minimum absolute atomic E-state index is 0.0332. The van der Waals surface area contributed by atoms with Gasteiger partial charge < -0.3 is 5.32 Å². The maximum Gasteiger partial charge on any atom is 0.230 e. The molecule has 0 aromatic carbocycles. The molecule has 0 radical (unpaired) electrons. The standard InChI is InChI=1S/C13H23N5O3S/c1-10(2)9-22(20,21)8-6-14-13(19)11-5-3-4-7-18-12(11)15-16-17-18/h10-11H,3-9H2,1-2H3,(H,14,19)/t11-/m1/s1. The number of amides is 1. The highest BCUT2D eigenvalue weighted by molar-refractivity contribution is 7.91. The Morgan fingerprint density at radius 3 is 2.91 bits per heavy atom. The van der Waals surface area contributed by atoms with Crippen LogP contribution >= 0.6 is 0 Å². The molecule has 0 bridgehead atoms. The first-order valence-corrected chi connectivity index (χ1v) is 9.45. The Morgan fingerprint density at radius 2 is 2.18 bits per heavy atom. The summed E-state index contributed by atoms with van der Waals surface area (Å²) < 4.78 is 25.3. The number of nitrogens with one attached hydrogen (secondary N) is 1. The third-order valence-electron chi connectivity index (χ3n) is 3.60. The van der Waals surface area contributed by atoms with Crippen molar-refractivity contribution in [1.29, 1.82) is 0 Å². The summed E-state index contributed by atoms with van der Waals surface area (Å²) in [6, 6.07) is 0. The van der Waals surface area contributed by atoms with Crippen molar-refractivity contribution in [1.82, 2.24) is 25.5 Å². The van der Waals surface area contributed by atoms with Gasteiger partial charge in [0.25, 0.3) is 0 Å². The quantitative estimate of drug-likeness (QED) is 0.795. The zero-order chi connectivity index (χ0) is 16.2. The molecule has 1 amide bonds. The first kappa shape index (κ1) is 16.9. The molecule has 1 aromatic rings. The van der Waals surface area contributed by atoms with E-state index in [0.29, 0.717) is 12.2 Å². The second kappa shape index (κ2) is 7.17. The zero-order valence-electron chi connectivity index (χ0n) is 13.0. The number of sulfone groups is 1. The molecule has 2 rings (SSSR count). The topological polar surface area (TPSA) is 107 Å². The van der Waals surface area contributed by atoms with E-state index in [-0.39, 0.29) is 29.9 Å². The number of carbonyl (C=O) groups is 1. The van der Waals surface area contributed by atoms with Crippen LogP contribution in [0.4, 0.5) is 0 Å². The Balaban J connectivity index is 1.91. The molecule has 1 aliphatic heterocycles. The number of aryl methyl sites for hydroxylation is 1. The maximum absolute atomic E-state index is 12.3. The van der Waals surface area contributed by atoms with Crippen LogP contribution in [0, 0.1) is 5.92 Å². The molecule has 0 spiro atoms. The number of fused-ring (bicyclic) bond motifs is 1. The predicted octanol–water partition coefficient (Wildman–Crippen LogP) is 0.128. The van der Waals surface area contributed by atoms with Crippen molar-refractivity contribution in [3.8, 4) is 0 Å². The van der Waals surface area contributed by atoms with Crippen LogP contribution in [0.2, 0.25) is 0 Å². The van der Waals surface area contributed by atoms with Crippen LogP contribution in [0.3, 0.4) is 0 Å². The SMILES string of the molecule is CC(C)CS(=O)(=O)CCNC(=O)[C@@H]1CCCCn2nnnc21. The second-order valence-electron chi connectivity index (χ2n) is 6.11. The number of tetrazole rings is 1. The van der Waals surface area contributed by atoms with E-state index < -0.39 is 15.8 Å². The number of carbonyl (C=O) groups excluding carboxylic acids is 1. The summed E-state index contributed by atoms with van der Waals surface area (Å²) in [5, 5.41) is 14.2. The Labute approximate surface area is 130 Å². The molecule has 1 atom stereocenters. The van der Waals surface area contributed by atoms with Crippen molar-refractivity contribution in [2.75, 3.05) is 18.1 Å². The van der Waals surface area contributed by atoms with Crippen molar-refractivity contribution < 1.29 is 13.2 Å². The molecule has 0 aliphatic carbocycles. The van der Waals surface area contributed by atoms with E-state index in [9.17, 15) is 13.2 Å². The number of hydrogen-bond acceptors (Lipinski definition) is 6. The number of aromatic nitrogens is 4. The largest absolute Gasteiger partial charge is 0.354 e. The fraction of sp³-hybridized carbons (Fsp3) is 0.846. The van der Waals surface area contributed by atoms with Gasteiger partial charge in [0.05, 0.1) is 17.4 Å². The Bertz CT molecular complexity index is 611. The lowest BCUT2D eigenvalue weighted by Crippen LogP contribution is -2.34. The Hall–Kier alpha value is -1.51. The van der Waals surface area contributed by atoms with Gasteiger partial charge in [-0.1, -0.05) is 20.3 Å². The summed E-state index contributed by atoms with van der Waals surface area (Å²) in [4.78, 5) is 12.3. The van der Waals surface area contributed by atoms with Gasteiger partial charge in [-0.2, -0.15) is 0 Å². The van der Waals surface area contributed by atoms with Gasteiger partial charge in [-0.05, 0) is 29.2 Å². The van der Waals surface area contributed by atoms with E-state index in [4.69, 9.17) is 0 Å². The smallest absolute Gasteiger partial charge is 0.230 e. The average Bonchev–Trinajstić information content (AvgIpc) is 2.76. The molecule has 124 valence electrons. The first-order valence-electron chi connectivity index (χ1n) is 7.63. The minimum atomic E-state index is -3.12. The molecule has 22 heavy (non-hydrogen) atoms. The summed E-state index contributed by atoms with van der Waals surface area (Å²) in [5.74, 6) is 0.175. The van der Waals surface area contributed by atoms with Gasteiger partial charge in [-0.25, -0.2) is 13.1 Å². The van der Waals surface area contributed by atoms with Gasteiger partial charge in [0.1, 0.15) is 0 Å². The van der Waals surface area contributed by atoms with Crippen molar-refractivity contribution in [3.05, 3.63) is 5.82 Å². The highest BCUT2D eigenvalue weighted by Gasteiger charge is 2.28. The predicted molar refractivity (Wildman–Crippen MR) is 80.9 cm³/mol. The van der Waals surface area contributed by atoms with E-state index >= 15 is 0 Å². The van der Waals surface area contributed by atoms with Gasteiger partial charge >= 0.3 is 0 Å². The number of nitrogens with zero attached hydrogens (tertiary/aromatic N) is 4. The lowest BCUT2D eigenvalue weighted by Gasteiger charge is -2.13. The van der Waals surface area contributed by atoms with Crippen LogP contribution in [0.1, 0.15) is 44.9 Å². The van der Waals surface area contributed by atoms with Crippen LogP contribution in [0.15, 0.2) is 0 Å². The molecule has 9 heteroatoms. The summed E-state index contributed by atoms with van der Waals surface area (Å²) >= 11 is 0. The van der Waals surface area contributed by atoms with Gasteiger partial charge in [0.15, 0.2) is 15.7 Å². The number of hydrogen-bond donors (Lipinski definition) is 1. The molecule has 1 N–H and O–H groups in total. The second-order valence-corrected chi connectivity index (χ2v) is 8.34. The average molecular weight is 329 g/mol. The molecule has 0 fully saturated rings. The third kappa shape index (κ3) is 4.49. The zero-order valence-corrected chi connectivity index (χ0v) is 13.8. The van der Waals surface area contributed by atoms with Crippen LogP contribution in [0.25, 0.3) is 0 Å². The molecular formula is C13H23N5O3S. The number of rotatable bonds is 6. The fourth-order valence-corrected chi connectivity index (χ4v) is 4.25.